The maximum Gasteiger partial charge on any atom is 0.410 e. The van der Waals surface area contributed by atoms with Gasteiger partial charge in [0.1, 0.15) is 5.60 Å². The molecule has 0 radical (unpaired) electrons. The van der Waals surface area contributed by atoms with Crippen molar-refractivity contribution in [1.82, 2.24) is 10.2 Å². The summed E-state index contributed by atoms with van der Waals surface area (Å²) in [7, 11) is 0. The van der Waals surface area contributed by atoms with Crippen LogP contribution in [-0.2, 0) is 4.74 Å². The number of piperidine rings is 1. The average molecular weight is 337 g/mol. The van der Waals surface area contributed by atoms with E-state index in [9.17, 15) is 4.79 Å². The number of carbonyl (C=O) groups is 1. The normalized spacial score (nSPS) is 36.4. The number of nitrogens with zero attached hydrogens (tertiary/aromatic N) is 1. The van der Waals surface area contributed by atoms with E-state index in [2.05, 4.69) is 26.1 Å². The Hall–Kier alpha value is -0.770. The van der Waals surface area contributed by atoms with Crippen LogP contribution in [0.4, 0.5) is 4.79 Å². The van der Waals surface area contributed by atoms with Gasteiger partial charge in [-0.1, -0.05) is 33.6 Å². The van der Waals surface area contributed by atoms with Crippen LogP contribution < -0.4 is 5.32 Å². The van der Waals surface area contributed by atoms with E-state index in [1.54, 1.807) is 0 Å². The Bertz CT molecular complexity index is 465. The van der Waals surface area contributed by atoms with Crippen LogP contribution in [-0.4, -0.2) is 41.8 Å². The average Bonchev–Trinajstić information content (AvgIpc) is 2.90. The summed E-state index contributed by atoms with van der Waals surface area (Å²) in [6.45, 7) is 14.7. The first kappa shape index (κ1) is 18.0. The Labute approximate surface area is 147 Å². The van der Waals surface area contributed by atoms with E-state index in [4.69, 9.17) is 4.74 Å². The summed E-state index contributed by atoms with van der Waals surface area (Å²) in [6.07, 6.45) is 5.26. The number of fused-ring (bicyclic) bond motifs is 1. The van der Waals surface area contributed by atoms with Gasteiger partial charge in [0.15, 0.2) is 0 Å². The Balaban J connectivity index is 1.50. The van der Waals surface area contributed by atoms with Crippen molar-refractivity contribution in [2.45, 2.75) is 84.9 Å². The maximum absolute atomic E-state index is 12.2. The van der Waals surface area contributed by atoms with Gasteiger partial charge in [0.25, 0.3) is 0 Å². The van der Waals surface area contributed by atoms with Crippen molar-refractivity contribution in [3.8, 4) is 0 Å². The molecule has 4 nitrogen and oxygen atoms in total. The Kier molecular flexibility index (Phi) is 4.65. The zero-order valence-corrected chi connectivity index (χ0v) is 16.4. The van der Waals surface area contributed by atoms with Gasteiger partial charge in [0, 0.05) is 25.2 Å². The zero-order chi connectivity index (χ0) is 17.7. The van der Waals surface area contributed by atoms with Crippen molar-refractivity contribution in [2.24, 2.45) is 23.2 Å². The molecule has 3 aliphatic rings. The molecule has 1 heterocycles. The van der Waals surface area contributed by atoms with Gasteiger partial charge in [0.05, 0.1) is 0 Å². The molecule has 1 amide bonds. The Morgan fingerprint density at radius 1 is 1.00 bits per heavy atom. The molecule has 0 aromatic heterocycles. The van der Waals surface area contributed by atoms with E-state index in [-0.39, 0.29) is 6.09 Å². The lowest BCUT2D eigenvalue weighted by molar-refractivity contribution is 0.0266. The standard InChI is InChI=1S/C20H36N2O2/c1-19(2,3)15-9-7-8-10-16(15)21-17-13-11-22(12-14(13)17)18(23)24-20(4,5)6/h13-17,21H,7-12H2,1-6H3. The largest absolute Gasteiger partial charge is 0.444 e. The molecular formula is C20H36N2O2. The molecule has 24 heavy (non-hydrogen) atoms. The van der Waals surface area contributed by atoms with E-state index in [1.165, 1.54) is 25.7 Å². The van der Waals surface area contributed by atoms with Gasteiger partial charge in [-0.25, -0.2) is 4.79 Å². The van der Waals surface area contributed by atoms with Crippen molar-refractivity contribution >= 4 is 6.09 Å². The SMILES string of the molecule is CC(C)(C)OC(=O)N1CC2C(C1)C2NC1CCCCC1C(C)(C)C. The van der Waals surface area contributed by atoms with Crippen molar-refractivity contribution in [1.29, 1.82) is 0 Å². The van der Waals surface area contributed by atoms with Crippen molar-refractivity contribution in [3.63, 3.8) is 0 Å². The predicted molar refractivity (Wildman–Crippen MR) is 96.9 cm³/mol. The monoisotopic (exact) mass is 336 g/mol. The second-order valence-corrected chi connectivity index (χ2v) is 10.3. The van der Waals surface area contributed by atoms with Crippen LogP contribution in [0.1, 0.15) is 67.2 Å². The number of rotatable bonds is 2. The first-order valence-corrected chi connectivity index (χ1v) is 9.80. The molecule has 1 N–H and O–H groups in total. The maximum atomic E-state index is 12.2. The summed E-state index contributed by atoms with van der Waals surface area (Å²) in [5.74, 6) is 2.05. The fourth-order valence-corrected chi connectivity index (χ4v) is 4.86. The predicted octanol–water partition coefficient (Wildman–Crippen LogP) is 4.05. The first-order chi connectivity index (χ1) is 11.1. The highest BCUT2D eigenvalue weighted by molar-refractivity contribution is 5.69. The number of nitrogens with one attached hydrogen (secondary N) is 1. The molecule has 0 bridgehead atoms. The van der Waals surface area contributed by atoms with Crippen LogP contribution in [0.5, 0.6) is 0 Å². The molecule has 4 atom stereocenters. The van der Waals surface area contributed by atoms with Crippen LogP contribution >= 0.6 is 0 Å². The number of hydrogen-bond acceptors (Lipinski definition) is 3. The lowest BCUT2D eigenvalue weighted by Gasteiger charge is -2.41. The molecule has 2 aliphatic carbocycles. The molecule has 4 heteroatoms. The smallest absolute Gasteiger partial charge is 0.410 e. The summed E-state index contributed by atoms with van der Waals surface area (Å²) >= 11 is 0. The summed E-state index contributed by atoms with van der Waals surface area (Å²) in [4.78, 5) is 14.1. The fraction of sp³-hybridized carbons (Fsp3) is 0.950. The summed E-state index contributed by atoms with van der Waals surface area (Å²) in [5, 5.41) is 3.98. The lowest BCUT2D eigenvalue weighted by Crippen LogP contribution is -2.47. The molecule has 0 aromatic rings. The number of amides is 1. The van der Waals surface area contributed by atoms with Crippen molar-refractivity contribution in [2.75, 3.05) is 13.1 Å². The second kappa shape index (κ2) is 6.19. The van der Waals surface area contributed by atoms with Crippen LogP contribution in [0.25, 0.3) is 0 Å². The molecule has 1 aliphatic heterocycles. The van der Waals surface area contributed by atoms with Gasteiger partial charge in [-0.3, -0.25) is 0 Å². The second-order valence-electron chi connectivity index (χ2n) is 10.3. The van der Waals surface area contributed by atoms with Gasteiger partial charge in [-0.15, -0.1) is 0 Å². The van der Waals surface area contributed by atoms with E-state index >= 15 is 0 Å². The Morgan fingerprint density at radius 3 is 2.12 bits per heavy atom. The number of likely N-dealkylation sites (tertiary alicyclic amines) is 1. The molecule has 1 saturated heterocycles. The summed E-state index contributed by atoms with van der Waals surface area (Å²) < 4.78 is 5.50. The third-order valence-corrected chi connectivity index (χ3v) is 6.13. The van der Waals surface area contributed by atoms with Gasteiger partial charge in [-0.2, -0.15) is 0 Å². The molecule has 3 fully saturated rings. The quantitative estimate of drug-likeness (QED) is 0.827. The summed E-state index contributed by atoms with van der Waals surface area (Å²) in [5.41, 5.74) is -0.0197. The van der Waals surface area contributed by atoms with Gasteiger partial charge < -0.3 is 15.0 Å². The van der Waals surface area contributed by atoms with Crippen LogP contribution in [0.3, 0.4) is 0 Å². The number of carbonyl (C=O) groups excluding carboxylic acids is 1. The van der Waals surface area contributed by atoms with E-state index in [0.717, 1.165) is 19.0 Å². The minimum absolute atomic E-state index is 0.140. The highest BCUT2D eigenvalue weighted by atomic mass is 16.6. The van der Waals surface area contributed by atoms with E-state index in [0.29, 0.717) is 29.3 Å². The fourth-order valence-electron chi connectivity index (χ4n) is 4.86. The third-order valence-electron chi connectivity index (χ3n) is 6.13. The molecule has 2 saturated carbocycles. The van der Waals surface area contributed by atoms with Gasteiger partial charge in [0.2, 0.25) is 0 Å². The zero-order valence-electron chi connectivity index (χ0n) is 16.4. The molecule has 0 aromatic carbocycles. The number of hydrogen-bond donors (Lipinski definition) is 1. The highest BCUT2D eigenvalue weighted by Crippen LogP contribution is 2.48. The van der Waals surface area contributed by atoms with Gasteiger partial charge in [-0.05, 0) is 56.8 Å². The first-order valence-electron chi connectivity index (χ1n) is 9.80. The topological polar surface area (TPSA) is 41.6 Å². The number of ether oxygens (including phenoxy) is 1. The minimum Gasteiger partial charge on any atom is -0.444 e. The van der Waals surface area contributed by atoms with Crippen LogP contribution in [0, 0.1) is 23.2 Å². The minimum atomic E-state index is -0.399. The molecule has 4 unspecified atom stereocenters. The van der Waals surface area contributed by atoms with Crippen molar-refractivity contribution in [3.05, 3.63) is 0 Å². The molecule has 0 spiro atoms. The van der Waals surface area contributed by atoms with Crippen LogP contribution in [0.2, 0.25) is 0 Å². The molecular weight excluding hydrogens is 300 g/mol. The third kappa shape index (κ3) is 3.89. The molecule has 138 valence electrons. The molecule has 3 rings (SSSR count). The Morgan fingerprint density at radius 2 is 1.58 bits per heavy atom. The van der Waals surface area contributed by atoms with Crippen LogP contribution in [0.15, 0.2) is 0 Å². The summed E-state index contributed by atoms with van der Waals surface area (Å²) in [6, 6.07) is 1.28. The van der Waals surface area contributed by atoms with E-state index < -0.39 is 5.60 Å². The van der Waals surface area contributed by atoms with E-state index in [1.807, 2.05) is 25.7 Å². The highest BCUT2D eigenvalue weighted by Gasteiger charge is 2.58. The van der Waals surface area contributed by atoms with Crippen molar-refractivity contribution < 1.29 is 9.53 Å². The lowest BCUT2D eigenvalue weighted by atomic mass is 9.69. The van der Waals surface area contributed by atoms with Gasteiger partial charge >= 0.3 is 6.09 Å².